The minimum absolute atomic E-state index is 0.219. The quantitative estimate of drug-likeness (QED) is 0.388. The number of amides is 1. The molecule has 3 N–H and O–H groups in total. The van der Waals surface area contributed by atoms with Crippen molar-refractivity contribution in [2.45, 2.75) is 39.2 Å². The Hall–Kier alpha value is -2.35. The number of ether oxygens (including phenoxy) is 2. The Morgan fingerprint density at radius 2 is 2.04 bits per heavy atom. The van der Waals surface area contributed by atoms with Gasteiger partial charge in [-0.25, -0.2) is 0 Å². The number of hydrazine groups is 1. The fourth-order valence-corrected chi connectivity index (χ4v) is 3.38. The van der Waals surface area contributed by atoms with Gasteiger partial charge in [0.05, 0.1) is 7.11 Å². The monoisotopic (exact) mass is 393 g/mol. The standard InChI is InChI=1S/C19H27N3O4S/c1-12-5-4-6-15(13(12)2)20-19(27)22-21-18(24)11-26-16-8-7-14(10-23)9-17(16)25-3/h7-10,12-13,15H,4-6,11H2,1-3H3,(H,21,24)(H2,20,22,27)/t12-,13+,15+/m0/s1. The summed E-state index contributed by atoms with van der Waals surface area (Å²) in [4.78, 5) is 22.8. The van der Waals surface area contributed by atoms with E-state index in [1.807, 2.05) is 0 Å². The third-order valence-electron chi connectivity index (χ3n) is 5.02. The summed E-state index contributed by atoms with van der Waals surface area (Å²) < 4.78 is 10.6. The van der Waals surface area contributed by atoms with Crippen LogP contribution in [0.25, 0.3) is 0 Å². The largest absolute Gasteiger partial charge is 0.493 e. The summed E-state index contributed by atoms with van der Waals surface area (Å²) in [5.41, 5.74) is 5.69. The number of nitrogens with one attached hydrogen (secondary N) is 3. The first-order valence-electron chi connectivity index (χ1n) is 9.06. The van der Waals surface area contributed by atoms with Gasteiger partial charge in [-0.2, -0.15) is 0 Å². The Balaban J connectivity index is 1.76. The lowest BCUT2D eigenvalue weighted by Gasteiger charge is -2.35. The highest BCUT2D eigenvalue weighted by molar-refractivity contribution is 7.80. The molecular weight excluding hydrogens is 366 g/mol. The van der Waals surface area contributed by atoms with Gasteiger partial charge in [0.25, 0.3) is 5.91 Å². The number of aldehydes is 1. The number of carbonyl (C=O) groups excluding carboxylic acids is 2. The fourth-order valence-electron chi connectivity index (χ4n) is 3.17. The van der Waals surface area contributed by atoms with E-state index in [4.69, 9.17) is 21.7 Å². The number of benzene rings is 1. The molecule has 0 heterocycles. The minimum Gasteiger partial charge on any atom is -0.493 e. The summed E-state index contributed by atoms with van der Waals surface area (Å²) in [6.07, 6.45) is 4.20. The van der Waals surface area contributed by atoms with E-state index in [1.54, 1.807) is 18.2 Å². The second kappa shape index (κ2) is 10.1. The molecule has 0 bridgehead atoms. The number of methoxy groups -OCH3 is 1. The Kier molecular flexibility index (Phi) is 7.84. The van der Waals surface area contributed by atoms with E-state index in [9.17, 15) is 9.59 Å². The van der Waals surface area contributed by atoms with Crippen molar-refractivity contribution in [1.82, 2.24) is 16.2 Å². The molecule has 27 heavy (non-hydrogen) atoms. The highest BCUT2D eigenvalue weighted by Crippen LogP contribution is 2.29. The first kappa shape index (κ1) is 21.0. The molecule has 1 aromatic carbocycles. The van der Waals surface area contributed by atoms with Gasteiger partial charge >= 0.3 is 0 Å². The molecule has 8 heteroatoms. The second-order valence-electron chi connectivity index (χ2n) is 6.84. The van der Waals surface area contributed by atoms with Crippen LogP contribution in [-0.2, 0) is 4.79 Å². The van der Waals surface area contributed by atoms with Crippen molar-refractivity contribution in [1.29, 1.82) is 0 Å². The average molecular weight is 394 g/mol. The first-order chi connectivity index (χ1) is 12.9. The van der Waals surface area contributed by atoms with Gasteiger partial charge in [0.15, 0.2) is 23.2 Å². The second-order valence-corrected chi connectivity index (χ2v) is 7.25. The third-order valence-corrected chi connectivity index (χ3v) is 5.24. The van der Waals surface area contributed by atoms with Crippen LogP contribution in [-0.4, -0.2) is 37.1 Å². The van der Waals surface area contributed by atoms with E-state index in [-0.39, 0.29) is 12.5 Å². The van der Waals surface area contributed by atoms with Crippen molar-refractivity contribution < 1.29 is 19.1 Å². The van der Waals surface area contributed by atoms with Gasteiger partial charge in [0.2, 0.25) is 0 Å². The normalized spacial score (nSPS) is 21.7. The van der Waals surface area contributed by atoms with Crippen LogP contribution in [0.5, 0.6) is 11.5 Å². The molecule has 1 amide bonds. The highest BCUT2D eigenvalue weighted by atomic mass is 32.1. The van der Waals surface area contributed by atoms with Crippen LogP contribution in [0.4, 0.5) is 0 Å². The third kappa shape index (κ3) is 6.09. The Bertz CT molecular complexity index is 683. The number of rotatable bonds is 6. The first-order valence-corrected chi connectivity index (χ1v) is 9.46. The summed E-state index contributed by atoms with van der Waals surface area (Å²) in [5.74, 6) is 1.56. The van der Waals surface area contributed by atoms with E-state index in [0.717, 1.165) is 6.42 Å². The van der Waals surface area contributed by atoms with Crippen LogP contribution in [0.3, 0.4) is 0 Å². The van der Waals surface area contributed by atoms with E-state index < -0.39 is 0 Å². The maximum Gasteiger partial charge on any atom is 0.276 e. The number of hydrogen-bond acceptors (Lipinski definition) is 5. The van der Waals surface area contributed by atoms with E-state index in [1.165, 1.54) is 20.0 Å². The van der Waals surface area contributed by atoms with Crippen molar-refractivity contribution in [2.75, 3.05) is 13.7 Å². The lowest BCUT2D eigenvalue weighted by atomic mass is 9.78. The zero-order valence-electron chi connectivity index (χ0n) is 15.9. The minimum atomic E-state index is -0.384. The predicted octanol–water partition coefficient (Wildman–Crippen LogP) is 2.21. The zero-order valence-corrected chi connectivity index (χ0v) is 16.7. The van der Waals surface area contributed by atoms with Gasteiger partial charge in [-0.1, -0.05) is 26.7 Å². The molecule has 0 aliphatic heterocycles. The molecule has 0 saturated heterocycles. The molecule has 0 spiro atoms. The van der Waals surface area contributed by atoms with E-state index >= 15 is 0 Å². The van der Waals surface area contributed by atoms with Crippen LogP contribution < -0.4 is 25.6 Å². The van der Waals surface area contributed by atoms with Gasteiger partial charge in [-0.15, -0.1) is 0 Å². The molecule has 0 aromatic heterocycles. The van der Waals surface area contributed by atoms with Crippen LogP contribution >= 0.6 is 12.2 Å². The summed E-state index contributed by atoms with van der Waals surface area (Å²) >= 11 is 5.26. The predicted molar refractivity (Wildman–Crippen MR) is 107 cm³/mol. The smallest absolute Gasteiger partial charge is 0.276 e. The lowest BCUT2D eigenvalue weighted by Crippen LogP contribution is -2.53. The maximum absolute atomic E-state index is 12.0. The lowest BCUT2D eigenvalue weighted by molar-refractivity contribution is -0.123. The van der Waals surface area contributed by atoms with Gasteiger partial charge in [0, 0.05) is 11.6 Å². The molecule has 7 nitrogen and oxygen atoms in total. The van der Waals surface area contributed by atoms with Gasteiger partial charge < -0.3 is 14.8 Å². The van der Waals surface area contributed by atoms with Crippen molar-refractivity contribution in [3.8, 4) is 11.5 Å². The van der Waals surface area contributed by atoms with Gasteiger partial charge in [-0.05, 0) is 48.7 Å². The molecule has 0 unspecified atom stereocenters. The maximum atomic E-state index is 12.0. The summed E-state index contributed by atoms with van der Waals surface area (Å²) in [6.45, 7) is 4.26. The molecular formula is C19H27N3O4S. The molecule has 1 saturated carbocycles. The number of carbonyl (C=O) groups is 2. The van der Waals surface area contributed by atoms with Gasteiger partial charge in [-0.3, -0.25) is 20.4 Å². The molecule has 1 aromatic rings. The number of hydrogen-bond donors (Lipinski definition) is 3. The molecule has 2 rings (SSSR count). The van der Waals surface area contributed by atoms with Crippen molar-refractivity contribution in [2.24, 2.45) is 11.8 Å². The highest BCUT2D eigenvalue weighted by Gasteiger charge is 2.27. The molecule has 1 aliphatic rings. The molecule has 0 radical (unpaired) electrons. The summed E-state index contributed by atoms with van der Waals surface area (Å²) in [7, 11) is 1.47. The zero-order chi connectivity index (χ0) is 19.8. The Labute approximate surface area is 165 Å². The van der Waals surface area contributed by atoms with E-state index in [0.29, 0.717) is 46.3 Å². The molecule has 148 valence electrons. The van der Waals surface area contributed by atoms with Gasteiger partial charge in [0.1, 0.15) is 6.29 Å². The van der Waals surface area contributed by atoms with Crippen LogP contribution in [0.2, 0.25) is 0 Å². The Morgan fingerprint density at radius 1 is 1.26 bits per heavy atom. The molecule has 3 atom stereocenters. The van der Waals surface area contributed by atoms with Crippen molar-refractivity contribution in [3.05, 3.63) is 23.8 Å². The van der Waals surface area contributed by atoms with Crippen molar-refractivity contribution in [3.63, 3.8) is 0 Å². The van der Waals surface area contributed by atoms with Crippen LogP contribution in [0.15, 0.2) is 18.2 Å². The summed E-state index contributed by atoms with van der Waals surface area (Å²) in [5, 5.41) is 3.66. The molecule has 1 fully saturated rings. The topological polar surface area (TPSA) is 88.7 Å². The van der Waals surface area contributed by atoms with E-state index in [2.05, 4.69) is 30.0 Å². The van der Waals surface area contributed by atoms with Crippen LogP contribution in [0, 0.1) is 11.8 Å². The van der Waals surface area contributed by atoms with Crippen molar-refractivity contribution >= 4 is 29.5 Å². The fraction of sp³-hybridized carbons (Fsp3) is 0.526. The SMILES string of the molecule is COc1cc(C=O)ccc1OCC(=O)NNC(=S)N[C@@H]1CCC[C@H](C)[C@H]1C. The average Bonchev–Trinajstić information content (AvgIpc) is 2.68. The Morgan fingerprint density at radius 3 is 2.74 bits per heavy atom. The van der Waals surface area contributed by atoms with Crippen LogP contribution in [0.1, 0.15) is 43.5 Å². The number of thiocarbonyl (C=S) groups is 1. The molecule has 1 aliphatic carbocycles. The summed E-state index contributed by atoms with van der Waals surface area (Å²) in [6, 6.07) is 5.03.